The second-order valence-corrected chi connectivity index (χ2v) is 7.90. The molecule has 0 aliphatic heterocycles. The van der Waals surface area contributed by atoms with Gasteiger partial charge < -0.3 is 14.6 Å². The van der Waals surface area contributed by atoms with E-state index in [1.54, 1.807) is 4.90 Å². The summed E-state index contributed by atoms with van der Waals surface area (Å²) in [7, 11) is 0. The average Bonchev–Trinajstić information content (AvgIpc) is 2.79. The average molecular weight is 427 g/mol. The van der Waals surface area contributed by atoms with Gasteiger partial charge in [0.2, 0.25) is 0 Å². The standard InChI is InChI=1S/C27H26N2O3/c1-4-32-24-13-11-23(12-14-24)29(27(31)20-8-5-18(2)6-9-20)17-22-16-21-10-7-19(3)15-25(21)28-26(22)30/h5-16H,4,17H2,1-3H3,(H,28,30). The van der Waals surface area contributed by atoms with Crippen LogP contribution in [-0.2, 0) is 6.54 Å². The quantitative estimate of drug-likeness (QED) is 0.450. The molecule has 162 valence electrons. The Balaban J connectivity index is 1.75. The molecule has 0 spiro atoms. The van der Waals surface area contributed by atoms with E-state index in [0.29, 0.717) is 23.4 Å². The van der Waals surface area contributed by atoms with E-state index in [2.05, 4.69) is 4.98 Å². The van der Waals surface area contributed by atoms with E-state index in [-0.39, 0.29) is 18.0 Å². The molecule has 0 saturated carbocycles. The van der Waals surface area contributed by atoms with Crippen LogP contribution in [0.2, 0.25) is 0 Å². The fourth-order valence-corrected chi connectivity index (χ4v) is 3.67. The van der Waals surface area contributed by atoms with Gasteiger partial charge in [-0.05, 0) is 80.3 Å². The lowest BCUT2D eigenvalue weighted by Crippen LogP contribution is -2.32. The van der Waals surface area contributed by atoms with Gasteiger partial charge in [0.1, 0.15) is 5.75 Å². The number of aryl methyl sites for hydroxylation is 2. The summed E-state index contributed by atoms with van der Waals surface area (Å²) in [5.74, 6) is 0.565. The lowest BCUT2D eigenvalue weighted by molar-refractivity contribution is 0.0985. The second-order valence-electron chi connectivity index (χ2n) is 7.90. The van der Waals surface area contributed by atoms with E-state index in [9.17, 15) is 9.59 Å². The lowest BCUT2D eigenvalue weighted by Gasteiger charge is -2.23. The number of rotatable bonds is 6. The van der Waals surface area contributed by atoms with Crippen LogP contribution in [0.3, 0.4) is 0 Å². The monoisotopic (exact) mass is 426 g/mol. The van der Waals surface area contributed by atoms with Crippen molar-refractivity contribution in [1.82, 2.24) is 4.98 Å². The van der Waals surface area contributed by atoms with Gasteiger partial charge in [-0.15, -0.1) is 0 Å². The van der Waals surface area contributed by atoms with Crippen LogP contribution in [0, 0.1) is 13.8 Å². The van der Waals surface area contributed by atoms with E-state index in [1.807, 2.05) is 93.6 Å². The van der Waals surface area contributed by atoms with E-state index >= 15 is 0 Å². The van der Waals surface area contributed by atoms with Crippen molar-refractivity contribution < 1.29 is 9.53 Å². The van der Waals surface area contributed by atoms with E-state index < -0.39 is 0 Å². The van der Waals surface area contributed by atoms with E-state index in [0.717, 1.165) is 27.8 Å². The molecule has 0 fully saturated rings. The van der Waals surface area contributed by atoms with Crippen LogP contribution >= 0.6 is 0 Å². The van der Waals surface area contributed by atoms with Gasteiger partial charge >= 0.3 is 0 Å². The Morgan fingerprint density at radius 2 is 1.59 bits per heavy atom. The predicted octanol–water partition coefficient (Wildman–Crippen LogP) is 5.39. The molecule has 1 amide bonds. The minimum absolute atomic E-state index is 0.153. The van der Waals surface area contributed by atoms with Gasteiger partial charge in [-0.1, -0.05) is 29.8 Å². The SMILES string of the molecule is CCOc1ccc(N(Cc2cc3ccc(C)cc3[nH]c2=O)C(=O)c2ccc(C)cc2)cc1. The first-order valence-corrected chi connectivity index (χ1v) is 10.7. The first-order chi connectivity index (χ1) is 15.4. The number of benzene rings is 3. The molecule has 1 aromatic heterocycles. The van der Waals surface area contributed by atoms with Crippen molar-refractivity contribution in [2.75, 3.05) is 11.5 Å². The summed E-state index contributed by atoms with van der Waals surface area (Å²) in [6, 6.07) is 22.6. The molecule has 0 atom stereocenters. The molecule has 0 aliphatic rings. The highest BCUT2D eigenvalue weighted by Crippen LogP contribution is 2.24. The first kappa shape index (κ1) is 21.4. The normalized spacial score (nSPS) is 10.8. The molecule has 0 unspecified atom stereocenters. The Morgan fingerprint density at radius 3 is 2.28 bits per heavy atom. The van der Waals surface area contributed by atoms with Crippen molar-refractivity contribution in [3.8, 4) is 5.75 Å². The zero-order chi connectivity index (χ0) is 22.7. The maximum absolute atomic E-state index is 13.5. The minimum atomic E-state index is -0.198. The van der Waals surface area contributed by atoms with Crippen LogP contribution in [0.5, 0.6) is 5.75 Å². The smallest absolute Gasteiger partial charge is 0.258 e. The summed E-state index contributed by atoms with van der Waals surface area (Å²) in [5, 5.41) is 0.930. The number of carbonyl (C=O) groups is 1. The number of anilines is 1. The second kappa shape index (κ2) is 9.10. The van der Waals surface area contributed by atoms with Gasteiger partial charge in [0.05, 0.1) is 13.2 Å². The molecule has 0 radical (unpaired) electrons. The summed E-state index contributed by atoms with van der Waals surface area (Å²) in [6.07, 6.45) is 0. The number of H-pyrrole nitrogens is 1. The largest absolute Gasteiger partial charge is 0.494 e. The van der Waals surface area contributed by atoms with Gasteiger partial charge in [-0.2, -0.15) is 0 Å². The fourth-order valence-electron chi connectivity index (χ4n) is 3.67. The number of hydrogen-bond acceptors (Lipinski definition) is 3. The Labute approximate surface area is 187 Å². The van der Waals surface area contributed by atoms with Gasteiger partial charge in [0, 0.05) is 22.3 Å². The molecule has 4 rings (SSSR count). The molecule has 1 N–H and O–H groups in total. The van der Waals surface area contributed by atoms with Crippen LogP contribution in [0.25, 0.3) is 10.9 Å². The number of ether oxygens (including phenoxy) is 1. The van der Waals surface area contributed by atoms with Crippen LogP contribution < -0.4 is 15.2 Å². The van der Waals surface area contributed by atoms with E-state index in [1.165, 1.54) is 0 Å². The van der Waals surface area contributed by atoms with Crippen molar-refractivity contribution in [3.05, 3.63) is 105 Å². The number of amides is 1. The van der Waals surface area contributed by atoms with E-state index in [4.69, 9.17) is 4.74 Å². The van der Waals surface area contributed by atoms with Crippen LogP contribution in [0.4, 0.5) is 5.69 Å². The lowest BCUT2D eigenvalue weighted by atomic mass is 10.1. The number of fused-ring (bicyclic) bond motifs is 1. The van der Waals surface area contributed by atoms with Gasteiger partial charge in [0.25, 0.3) is 11.5 Å². The molecule has 4 aromatic rings. The zero-order valence-corrected chi connectivity index (χ0v) is 18.5. The molecule has 3 aromatic carbocycles. The van der Waals surface area contributed by atoms with Gasteiger partial charge in [-0.25, -0.2) is 0 Å². The third kappa shape index (κ3) is 4.57. The van der Waals surface area contributed by atoms with Crippen LogP contribution in [0.1, 0.15) is 34.0 Å². The van der Waals surface area contributed by atoms with Crippen molar-refractivity contribution in [2.45, 2.75) is 27.3 Å². The molecular weight excluding hydrogens is 400 g/mol. The molecule has 1 heterocycles. The number of pyridine rings is 1. The zero-order valence-electron chi connectivity index (χ0n) is 18.5. The molecule has 5 nitrogen and oxygen atoms in total. The fraction of sp³-hybridized carbons (Fsp3) is 0.185. The molecule has 0 aliphatic carbocycles. The predicted molar refractivity (Wildman–Crippen MR) is 129 cm³/mol. The Hall–Kier alpha value is -3.86. The highest BCUT2D eigenvalue weighted by molar-refractivity contribution is 6.06. The number of hydrogen-bond donors (Lipinski definition) is 1. The van der Waals surface area contributed by atoms with Gasteiger partial charge in [0.15, 0.2) is 0 Å². The maximum Gasteiger partial charge on any atom is 0.258 e. The van der Waals surface area contributed by atoms with Crippen LogP contribution in [0.15, 0.2) is 77.6 Å². The summed E-state index contributed by atoms with van der Waals surface area (Å²) in [6.45, 7) is 6.61. The summed E-state index contributed by atoms with van der Waals surface area (Å²) < 4.78 is 5.54. The molecular formula is C27H26N2O3. The molecule has 32 heavy (non-hydrogen) atoms. The Bertz CT molecular complexity index is 1310. The maximum atomic E-state index is 13.5. The number of aromatic nitrogens is 1. The highest BCUT2D eigenvalue weighted by atomic mass is 16.5. The molecule has 5 heteroatoms. The number of carbonyl (C=O) groups excluding carboxylic acids is 1. The number of aromatic amines is 1. The number of nitrogens with one attached hydrogen (secondary N) is 1. The molecule has 0 saturated heterocycles. The summed E-state index contributed by atoms with van der Waals surface area (Å²) in [5.41, 5.74) is 4.53. The highest BCUT2D eigenvalue weighted by Gasteiger charge is 2.20. The van der Waals surface area contributed by atoms with Crippen LogP contribution in [-0.4, -0.2) is 17.5 Å². The first-order valence-electron chi connectivity index (χ1n) is 10.7. The third-order valence-electron chi connectivity index (χ3n) is 5.41. The Kier molecular flexibility index (Phi) is 6.08. The van der Waals surface area contributed by atoms with Crippen molar-refractivity contribution in [1.29, 1.82) is 0 Å². The third-order valence-corrected chi connectivity index (χ3v) is 5.41. The number of nitrogens with zero attached hydrogens (tertiary/aromatic N) is 1. The van der Waals surface area contributed by atoms with Crippen molar-refractivity contribution in [3.63, 3.8) is 0 Å². The topological polar surface area (TPSA) is 62.4 Å². The Morgan fingerprint density at radius 1 is 0.906 bits per heavy atom. The summed E-state index contributed by atoms with van der Waals surface area (Å²) in [4.78, 5) is 30.9. The minimum Gasteiger partial charge on any atom is -0.494 e. The van der Waals surface area contributed by atoms with Gasteiger partial charge in [-0.3, -0.25) is 9.59 Å². The molecule has 0 bridgehead atoms. The van der Waals surface area contributed by atoms with Crippen molar-refractivity contribution in [2.24, 2.45) is 0 Å². The summed E-state index contributed by atoms with van der Waals surface area (Å²) >= 11 is 0. The van der Waals surface area contributed by atoms with Crippen molar-refractivity contribution >= 4 is 22.5 Å².